The van der Waals surface area contributed by atoms with Gasteiger partial charge in [0, 0.05) is 88.2 Å². The maximum Gasteiger partial charge on any atom is 0.222 e. The summed E-state index contributed by atoms with van der Waals surface area (Å²) in [5, 5.41) is 10.9. The van der Waals surface area contributed by atoms with Crippen molar-refractivity contribution in [3.8, 4) is 0 Å². The Labute approximate surface area is 258 Å². The zero-order valence-electron chi connectivity index (χ0n) is 22.7. The largest absolute Gasteiger partial charge is 0.314 e. The smallest absolute Gasteiger partial charge is 0.222 e. The molecule has 42 heavy (non-hydrogen) atoms. The number of aromatic nitrogens is 4. The highest BCUT2D eigenvalue weighted by atomic mass is 35.5. The summed E-state index contributed by atoms with van der Waals surface area (Å²) < 4.78 is 0. The van der Waals surface area contributed by atoms with Gasteiger partial charge in [0.15, 0.2) is 6.29 Å². The van der Waals surface area contributed by atoms with Gasteiger partial charge in [-0.15, -0.1) is 0 Å². The summed E-state index contributed by atoms with van der Waals surface area (Å²) in [6.45, 7) is 7.09. The van der Waals surface area contributed by atoms with Gasteiger partial charge in [0.05, 0.1) is 5.56 Å². The number of aldehydes is 1. The quantitative estimate of drug-likeness (QED) is 0.218. The lowest BCUT2D eigenvalue weighted by atomic mass is 10.0. The van der Waals surface area contributed by atoms with Crippen LogP contribution in [-0.2, 0) is 6.54 Å². The van der Waals surface area contributed by atoms with Crippen molar-refractivity contribution >= 4 is 29.5 Å². The van der Waals surface area contributed by atoms with Gasteiger partial charge in [-0.05, 0) is 34.3 Å². The van der Waals surface area contributed by atoms with E-state index >= 15 is 0 Å². The Bertz CT molecular complexity index is 1290. The van der Waals surface area contributed by atoms with Crippen LogP contribution < -0.4 is 16.0 Å². The van der Waals surface area contributed by atoms with Crippen molar-refractivity contribution < 1.29 is 4.79 Å². The fourth-order valence-corrected chi connectivity index (χ4v) is 4.69. The predicted molar refractivity (Wildman–Crippen MR) is 169 cm³/mol. The van der Waals surface area contributed by atoms with Crippen LogP contribution in [0.25, 0.3) is 0 Å². The van der Waals surface area contributed by atoms with Gasteiger partial charge in [-0.3, -0.25) is 9.69 Å². The zero-order valence-corrected chi connectivity index (χ0v) is 24.2. The topological polar surface area (TPSA) is 108 Å². The molecule has 2 aliphatic rings. The first-order valence-corrected chi connectivity index (χ1v) is 14.2. The Balaban J connectivity index is 0.000000188. The number of nitrogens with one attached hydrogen (secondary N) is 3. The lowest BCUT2D eigenvalue weighted by Crippen LogP contribution is -2.45. The number of hydrogen-bond donors (Lipinski definition) is 3. The number of carbonyl (C=O) groups excluding carboxylic acids is 1. The van der Waals surface area contributed by atoms with Gasteiger partial charge in [0.2, 0.25) is 10.6 Å². The summed E-state index contributed by atoms with van der Waals surface area (Å²) in [4.78, 5) is 27.6. The zero-order chi connectivity index (χ0) is 28.7. The maximum atomic E-state index is 9.99. The summed E-state index contributed by atoms with van der Waals surface area (Å²) >= 11 is 11.0. The van der Waals surface area contributed by atoms with Crippen molar-refractivity contribution in [2.45, 2.75) is 26.1 Å². The van der Waals surface area contributed by atoms with E-state index < -0.39 is 0 Å². The van der Waals surface area contributed by atoms with Crippen LogP contribution in [0.2, 0.25) is 10.6 Å². The van der Waals surface area contributed by atoms with Crippen LogP contribution in [0.15, 0.2) is 85.5 Å². The molecule has 9 nitrogen and oxygen atoms in total. The Morgan fingerprint density at radius 3 is 1.86 bits per heavy atom. The Kier molecular flexibility index (Phi) is 14.4. The first kappa shape index (κ1) is 33.2. The van der Waals surface area contributed by atoms with E-state index in [2.05, 4.69) is 101 Å². The summed E-state index contributed by atoms with van der Waals surface area (Å²) in [7, 11) is 0. The lowest BCUT2D eigenvalue weighted by molar-refractivity contribution is 0.112. The molecule has 2 unspecified atom stereocenters. The molecule has 0 radical (unpaired) electrons. The minimum Gasteiger partial charge on any atom is -0.314 e. The number of carbonyl (C=O) groups is 1. The molecule has 0 bridgehead atoms. The molecule has 3 N–H and O–H groups in total. The van der Waals surface area contributed by atoms with Crippen LogP contribution in [0.3, 0.4) is 0 Å². The van der Waals surface area contributed by atoms with Crippen LogP contribution >= 0.6 is 23.2 Å². The molecule has 222 valence electrons. The van der Waals surface area contributed by atoms with Crippen molar-refractivity contribution in [2.24, 2.45) is 0 Å². The first-order chi connectivity index (χ1) is 20.1. The number of hydrogen-bond acceptors (Lipinski definition) is 9. The molecule has 0 amide bonds. The average Bonchev–Trinajstić information content (AvgIpc) is 3.05. The molecule has 0 spiro atoms. The van der Waals surface area contributed by atoms with E-state index in [1.807, 2.05) is 0 Å². The van der Waals surface area contributed by atoms with Crippen LogP contribution in [0.4, 0.5) is 0 Å². The molecule has 11 heteroatoms. The van der Waals surface area contributed by atoms with Gasteiger partial charge in [-0.2, -0.15) is 0 Å². The van der Waals surface area contributed by atoms with E-state index in [9.17, 15) is 4.79 Å². The van der Waals surface area contributed by atoms with E-state index in [1.165, 1.54) is 23.5 Å². The third kappa shape index (κ3) is 11.2. The minimum atomic E-state index is 0. The van der Waals surface area contributed by atoms with Crippen molar-refractivity contribution in [2.75, 3.05) is 39.3 Å². The van der Waals surface area contributed by atoms with E-state index in [1.54, 1.807) is 12.4 Å². The van der Waals surface area contributed by atoms with Crippen molar-refractivity contribution in [3.63, 3.8) is 0 Å². The normalized spacial score (nSPS) is 18.2. The standard InChI is InChI=1S/C15H17ClN4.C10H14N2.C5H3ClN2O.CH4/c16-15-18-8-12(9-19-15)10-20-7-6-17-14(11-20)13-4-2-1-3-5-13;1-2-4-9(5-3-1)10-8-11-6-7-12-10;6-5-7-1-4(3-9)2-8-5;/h1-5,8-9,14,17H,6-7,10-11H2;1-5,10-12H,6-8H2;1-3H;1H4. The molecule has 2 atom stereocenters. The highest BCUT2D eigenvalue weighted by molar-refractivity contribution is 6.28. The molecule has 2 aliphatic heterocycles. The maximum absolute atomic E-state index is 9.99. The Hall–Kier alpha value is -3.31. The van der Waals surface area contributed by atoms with Crippen LogP contribution in [0.1, 0.15) is 46.6 Å². The van der Waals surface area contributed by atoms with Gasteiger partial charge >= 0.3 is 0 Å². The van der Waals surface area contributed by atoms with Crippen LogP contribution in [0.5, 0.6) is 0 Å². The van der Waals surface area contributed by atoms with Crippen molar-refractivity contribution in [1.82, 2.24) is 40.8 Å². The SMILES string of the molecule is C.Clc1ncc(CN2CCNC(c3ccccc3)C2)cn1.O=Cc1cnc(Cl)nc1.c1ccc(C2CNCCN2)cc1. The predicted octanol–water partition coefficient (Wildman–Crippen LogP) is 4.78. The summed E-state index contributed by atoms with van der Waals surface area (Å²) in [5.41, 5.74) is 4.25. The third-order valence-corrected chi connectivity index (χ3v) is 6.95. The second-order valence-corrected chi connectivity index (χ2v) is 10.2. The molecule has 0 saturated carbocycles. The fourth-order valence-electron chi connectivity index (χ4n) is 4.50. The molecule has 2 aromatic heterocycles. The molecule has 4 heterocycles. The van der Waals surface area contributed by atoms with E-state index in [0.29, 0.717) is 29.2 Å². The van der Waals surface area contributed by atoms with Gasteiger partial charge in [0.25, 0.3) is 0 Å². The van der Waals surface area contributed by atoms with Gasteiger partial charge in [-0.25, -0.2) is 19.9 Å². The number of benzene rings is 2. The second-order valence-electron chi connectivity index (χ2n) is 9.54. The Morgan fingerprint density at radius 2 is 1.31 bits per heavy atom. The molecule has 4 aromatic rings. The van der Waals surface area contributed by atoms with Crippen molar-refractivity contribution in [1.29, 1.82) is 0 Å². The molecule has 6 rings (SSSR count). The first-order valence-electron chi connectivity index (χ1n) is 13.5. The Morgan fingerprint density at radius 1 is 0.762 bits per heavy atom. The molecule has 0 aliphatic carbocycles. The molecule has 2 aromatic carbocycles. The van der Waals surface area contributed by atoms with E-state index in [-0.39, 0.29) is 12.7 Å². The van der Waals surface area contributed by atoms with E-state index in [4.69, 9.17) is 23.2 Å². The van der Waals surface area contributed by atoms with Crippen LogP contribution in [-0.4, -0.2) is 70.4 Å². The monoisotopic (exact) mass is 608 g/mol. The highest BCUT2D eigenvalue weighted by Crippen LogP contribution is 2.18. The molecule has 2 saturated heterocycles. The average molecular weight is 610 g/mol. The van der Waals surface area contributed by atoms with Gasteiger partial charge in [0.1, 0.15) is 0 Å². The highest BCUT2D eigenvalue weighted by Gasteiger charge is 2.20. The summed E-state index contributed by atoms with van der Waals surface area (Å²) in [5.74, 6) is 0. The molecular weight excluding hydrogens is 571 g/mol. The minimum absolute atomic E-state index is 0. The van der Waals surface area contributed by atoms with Crippen molar-refractivity contribution in [3.05, 3.63) is 118 Å². The summed E-state index contributed by atoms with van der Waals surface area (Å²) in [6, 6.07) is 22.0. The lowest BCUT2D eigenvalue weighted by Gasteiger charge is -2.33. The second kappa shape index (κ2) is 18.3. The summed E-state index contributed by atoms with van der Waals surface area (Å²) in [6.07, 6.45) is 6.99. The fraction of sp³-hybridized carbons (Fsp3) is 0.323. The van der Waals surface area contributed by atoms with Crippen LogP contribution in [0, 0.1) is 0 Å². The number of piperazine rings is 2. The number of rotatable bonds is 5. The number of halogens is 2. The van der Waals surface area contributed by atoms with E-state index in [0.717, 1.165) is 51.4 Å². The molecular formula is C31H38Cl2N8O. The third-order valence-electron chi connectivity index (χ3n) is 6.56. The molecule has 2 fully saturated rings. The number of nitrogens with zero attached hydrogens (tertiary/aromatic N) is 5. The van der Waals surface area contributed by atoms with Gasteiger partial charge in [-0.1, -0.05) is 68.1 Å². The van der Waals surface area contributed by atoms with Gasteiger partial charge < -0.3 is 16.0 Å².